The third-order valence-electron chi connectivity index (χ3n) is 3.22. The SMILES string of the molecule is CCS(=O)(=O)N1CCCC1c1cccc(N)c1. The summed E-state index contributed by atoms with van der Waals surface area (Å²) in [6.45, 7) is 2.31. The van der Waals surface area contributed by atoms with E-state index < -0.39 is 10.0 Å². The van der Waals surface area contributed by atoms with Gasteiger partial charge in [-0.25, -0.2) is 8.42 Å². The zero-order valence-electron chi connectivity index (χ0n) is 9.96. The highest BCUT2D eigenvalue weighted by molar-refractivity contribution is 7.89. The summed E-state index contributed by atoms with van der Waals surface area (Å²) in [6, 6.07) is 7.47. The van der Waals surface area contributed by atoms with Gasteiger partial charge in [0.05, 0.1) is 5.75 Å². The summed E-state index contributed by atoms with van der Waals surface area (Å²) in [5.41, 5.74) is 7.43. The minimum Gasteiger partial charge on any atom is -0.399 e. The molecular formula is C12H18N2O2S. The van der Waals surface area contributed by atoms with Crippen LogP contribution >= 0.6 is 0 Å². The molecule has 17 heavy (non-hydrogen) atoms. The Morgan fingerprint density at radius 3 is 2.88 bits per heavy atom. The van der Waals surface area contributed by atoms with E-state index in [1.54, 1.807) is 11.2 Å². The van der Waals surface area contributed by atoms with Gasteiger partial charge in [0.2, 0.25) is 10.0 Å². The van der Waals surface area contributed by atoms with Crippen molar-refractivity contribution >= 4 is 15.7 Å². The molecule has 2 rings (SSSR count). The molecule has 1 fully saturated rings. The lowest BCUT2D eigenvalue weighted by Gasteiger charge is -2.23. The van der Waals surface area contributed by atoms with E-state index in [0.717, 1.165) is 18.4 Å². The van der Waals surface area contributed by atoms with Crippen LogP contribution in [0.25, 0.3) is 0 Å². The molecule has 1 aliphatic heterocycles. The molecule has 2 N–H and O–H groups in total. The maximum Gasteiger partial charge on any atom is 0.214 e. The number of benzene rings is 1. The monoisotopic (exact) mass is 254 g/mol. The summed E-state index contributed by atoms with van der Waals surface area (Å²) in [4.78, 5) is 0. The molecule has 0 radical (unpaired) electrons. The molecule has 1 aromatic rings. The normalized spacial score (nSPS) is 21.8. The smallest absolute Gasteiger partial charge is 0.214 e. The first kappa shape index (κ1) is 12.4. The van der Waals surface area contributed by atoms with Crippen molar-refractivity contribution in [3.8, 4) is 0 Å². The molecule has 4 nitrogen and oxygen atoms in total. The van der Waals surface area contributed by atoms with Crippen LogP contribution in [0.1, 0.15) is 31.4 Å². The quantitative estimate of drug-likeness (QED) is 0.836. The van der Waals surface area contributed by atoms with Crippen molar-refractivity contribution < 1.29 is 8.42 Å². The Balaban J connectivity index is 2.32. The molecule has 0 bridgehead atoms. The Morgan fingerprint density at radius 2 is 2.24 bits per heavy atom. The maximum absolute atomic E-state index is 12.0. The van der Waals surface area contributed by atoms with Crippen LogP contribution in [0.15, 0.2) is 24.3 Å². The first-order valence-corrected chi connectivity index (χ1v) is 7.50. The molecule has 94 valence electrons. The lowest BCUT2D eigenvalue weighted by Crippen LogP contribution is -2.31. The van der Waals surface area contributed by atoms with Crippen molar-refractivity contribution in [2.24, 2.45) is 0 Å². The fraction of sp³-hybridized carbons (Fsp3) is 0.500. The van der Waals surface area contributed by atoms with Crippen molar-refractivity contribution in [2.45, 2.75) is 25.8 Å². The Bertz CT molecular complexity index is 499. The van der Waals surface area contributed by atoms with Crippen LogP contribution in [0.3, 0.4) is 0 Å². The summed E-state index contributed by atoms with van der Waals surface area (Å²) < 4.78 is 25.5. The second-order valence-corrected chi connectivity index (χ2v) is 6.55. The Kier molecular flexibility index (Phi) is 3.40. The van der Waals surface area contributed by atoms with E-state index in [2.05, 4.69) is 0 Å². The van der Waals surface area contributed by atoms with Gasteiger partial charge < -0.3 is 5.73 Å². The molecule has 1 heterocycles. The molecule has 1 aromatic carbocycles. The number of sulfonamides is 1. The van der Waals surface area contributed by atoms with Gasteiger partial charge in [-0.15, -0.1) is 0 Å². The van der Waals surface area contributed by atoms with Gasteiger partial charge in [0.25, 0.3) is 0 Å². The molecule has 0 amide bonds. The predicted molar refractivity (Wildman–Crippen MR) is 69.0 cm³/mol. The minimum atomic E-state index is -3.12. The summed E-state index contributed by atoms with van der Waals surface area (Å²) in [5.74, 6) is 0.159. The molecule has 1 unspecified atom stereocenters. The molecule has 5 heteroatoms. The topological polar surface area (TPSA) is 63.4 Å². The number of rotatable bonds is 3. The average Bonchev–Trinajstić information content (AvgIpc) is 2.78. The lowest BCUT2D eigenvalue weighted by molar-refractivity contribution is 0.397. The minimum absolute atomic E-state index is 0.0385. The lowest BCUT2D eigenvalue weighted by atomic mass is 10.1. The number of anilines is 1. The zero-order chi connectivity index (χ0) is 12.5. The van der Waals surface area contributed by atoms with Gasteiger partial charge in [-0.1, -0.05) is 12.1 Å². The van der Waals surface area contributed by atoms with Gasteiger partial charge in [0.1, 0.15) is 0 Å². The Hall–Kier alpha value is -1.07. The summed E-state index contributed by atoms with van der Waals surface area (Å²) in [6.07, 6.45) is 1.79. The fourth-order valence-electron chi connectivity index (χ4n) is 2.34. The van der Waals surface area contributed by atoms with E-state index in [9.17, 15) is 8.42 Å². The fourth-order valence-corrected chi connectivity index (χ4v) is 3.69. The number of nitrogen functional groups attached to an aromatic ring is 1. The number of hydrogen-bond acceptors (Lipinski definition) is 3. The van der Waals surface area contributed by atoms with Crippen molar-refractivity contribution in [1.82, 2.24) is 4.31 Å². The van der Waals surface area contributed by atoms with Gasteiger partial charge in [0.15, 0.2) is 0 Å². The summed E-state index contributed by atoms with van der Waals surface area (Å²) in [7, 11) is -3.12. The van der Waals surface area contributed by atoms with Crippen LogP contribution < -0.4 is 5.73 Å². The van der Waals surface area contributed by atoms with E-state index in [0.29, 0.717) is 12.2 Å². The van der Waals surface area contributed by atoms with Crippen molar-refractivity contribution in [3.63, 3.8) is 0 Å². The van der Waals surface area contributed by atoms with Gasteiger partial charge in [-0.2, -0.15) is 4.31 Å². The van der Waals surface area contributed by atoms with E-state index >= 15 is 0 Å². The van der Waals surface area contributed by atoms with Crippen molar-refractivity contribution in [3.05, 3.63) is 29.8 Å². The molecule has 0 saturated carbocycles. The number of nitrogens with zero attached hydrogens (tertiary/aromatic N) is 1. The number of hydrogen-bond donors (Lipinski definition) is 1. The Morgan fingerprint density at radius 1 is 1.47 bits per heavy atom. The number of nitrogens with two attached hydrogens (primary N) is 1. The van der Waals surface area contributed by atoms with Crippen molar-refractivity contribution in [2.75, 3.05) is 18.0 Å². The molecular weight excluding hydrogens is 236 g/mol. The molecule has 1 aliphatic rings. The van der Waals surface area contributed by atoms with E-state index in [1.807, 2.05) is 24.3 Å². The largest absolute Gasteiger partial charge is 0.399 e. The summed E-state index contributed by atoms with van der Waals surface area (Å²) >= 11 is 0. The highest BCUT2D eigenvalue weighted by atomic mass is 32.2. The van der Waals surface area contributed by atoms with Gasteiger partial charge >= 0.3 is 0 Å². The molecule has 0 aromatic heterocycles. The average molecular weight is 254 g/mol. The van der Waals surface area contributed by atoms with Crippen LogP contribution in [0.4, 0.5) is 5.69 Å². The van der Waals surface area contributed by atoms with E-state index in [1.165, 1.54) is 0 Å². The highest BCUT2D eigenvalue weighted by Gasteiger charge is 2.33. The second-order valence-electron chi connectivity index (χ2n) is 4.34. The van der Waals surface area contributed by atoms with Crippen LogP contribution in [0.2, 0.25) is 0 Å². The zero-order valence-corrected chi connectivity index (χ0v) is 10.8. The molecule has 0 spiro atoms. The maximum atomic E-state index is 12.0. The first-order chi connectivity index (χ1) is 8.04. The van der Waals surface area contributed by atoms with Gasteiger partial charge in [0, 0.05) is 18.3 Å². The highest BCUT2D eigenvalue weighted by Crippen LogP contribution is 2.34. The van der Waals surface area contributed by atoms with Crippen LogP contribution in [-0.4, -0.2) is 25.0 Å². The predicted octanol–water partition coefficient (Wildman–Crippen LogP) is 1.76. The van der Waals surface area contributed by atoms with E-state index in [-0.39, 0.29) is 11.8 Å². The summed E-state index contributed by atoms with van der Waals surface area (Å²) in [5, 5.41) is 0. The third kappa shape index (κ3) is 2.45. The third-order valence-corrected chi connectivity index (χ3v) is 5.10. The van der Waals surface area contributed by atoms with Crippen LogP contribution in [-0.2, 0) is 10.0 Å². The standard InChI is InChI=1S/C12H18N2O2S/c1-2-17(15,16)14-8-4-7-12(14)10-5-3-6-11(13)9-10/h3,5-6,9,12H,2,4,7-8,13H2,1H3. The second kappa shape index (κ2) is 4.66. The van der Waals surface area contributed by atoms with Gasteiger partial charge in [-0.05, 0) is 37.5 Å². The van der Waals surface area contributed by atoms with Crippen LogP contribution in [0, 0.1) is 0 Å². The molecule has 1 saturated heterocycles. The first-order valence-electron chi connectivity index (χ1n) is 5.89. The Labute approximate surface area is 102 Å². The van der Waals surface area contributed by atoms with Crippen LogP contribution in [0.5, 0.6) is 0 Å². The molecule has 1 atom stereocenters. The molecule has 0 aliphatic carbocycles. The van der Waals surface area contributed by atoms with Crippen molar-refractivity contribution in [1.29, 1.82) is 0 Å². The van der Waals surface area contributed by atoms with E-state index in [4.69, 9.17) is 5.73 Å². The van der Waals surface area contributed by atoms with Gasteiger partial charge in [-0.3, -0.25) is 0 Å².